The summed E-state index contributed by atoms with van der Waals surface area (Å²) in [7, 11) is 0. The van der Waals surface area contributed by atoms with Gasteiger partial charge in [-0.3, -0.25) is 4.90 Å². The van der Waals surface area contributed by atoms with Crippen LogP contribution in [0.15, 0.2) is 48.9 Å². The molecule has 26 heavy (non-hydrogen) atoms. The van der Waals surface area contributed by atoms with Gasteiger partial charge in [-0.15, -0.1) is 24.8 Å². The number of benzene rings is 1. The van der Waals surface area contributed by atoms with E-state index < -0.39 is 0 Å². The van der Waals surface area contributed by atoms with Gasteiger partial charge < -0.3 is 9.88 Å². The monoisotopic (exact) mass is 392 g/mol. The number of aromatic nitrogens is 4. The maximum absolute atomic E-state index is 4.53. The SMILES string of the molecule is C(=Cc1ccccc1)CN1CCN(c2ncc3[nH]cnc3n2)CC1.Cl.Cl. The molecule has 4 rings (SSSR count). The Kier molecular flexibility index (Phi) is 7.38. The predicted octanol–water partition coefficient (Wildman–Crippen LogP) is 3.03. The van der Waals surface area contributed by atoms with E-state index in [-0.39, 0.29) is 24.8 Å². The van der Waals surface area contributed by atoms with Crippen molar-refractivity contribution in [1.82, 2.24) is 24.8 Å². The molecule has 3 aromatic rings. The minimum atomic E-state index is 0. The van der Waals surface area contributed by atoms with Gasteiger partial charge >= 0.3 is 0 Å². The highest BCUT2D eigenvalue weighted by Crippen LogP contribution is 2.14. The summed E-state index contributed by atoms with van der Waals surface area (Å²) in [5, 5.41) is 0. The summed E-state index contributed by atoms with van der Waals surface area (Å²) in [6, 6.07) is 10.4. The Morgan fingerprint density at radius 1 is 1.00 bits per heavy atom. The van der Waals surface area contributed by atoms with Gasteiger partial charge in [0.2, 0.25) is 5.95 Å². The van der Waals surface area contributed by atoms with Gasteiger partial charge in [0.25, 0.3) is 0 Å². The molecular formula is C18H22Cl2N6. The minimum Gasteiger partial charge on any atom is -0.342 e. The zero-order valence-corrected chi connectivity index (χ0v) is 15.9. The molecule has 0 bridgehead atoms. The number of piperazine rings is 1. The topological polar surface area (TPSA) is 60.9 Å². The summed E-state index contributed by atoms with van der Waals surface area (Å²) in [4.78, 5) is 20.9. The van der Waals surface area contributed by atoms with Crippen molar-refractivity contribution in [3.05, 3.63) is 54.5 Å². The Balaban J connectivity index is 0.00000121. The molecule has 0 saturated carbocycles. The summed E-state index contributed by atoms with van der Waals surface area (Å²) in [6.45, 7) is 4.88. The first-order chi connectivity index (χ1) is 11.9. The number of anilines is 1. The Hall–Kier alpha value is -2.15. The van der Waals surface area contributed by atoms with Crippen LogP contribution in [0.1, 0.15) is 5.56 Å². The molecule has 0 aliphatic carbocycles. The molecule has 0 amide bonds. The Labute approximate surface area is 165 Å². The number of halogens is 2. The molecule has 138 valence electrons. The first-order valence-corrected chi connectivity index (χ1v) is 8.23. The van der Waals surface area contributed by atoms with E-state index in [0.717, 1.165) is 49.8 Å². The van der Waals surface area contributed by atoms with Crippen LogP contribution in [-0.2, 0) is 0 Å². The number of H-pyrrole nitrogens is 1. The number of fused-ring (bicyclic) bond motifs is 1. The van der Waals surface area contributed by atoms with Crippen LogP contribution in [0.5, 0.6) is 0 Å². The van der Waals surface area contributed by atoms with Gasteiger partial charge in [0.05, 0.1) is 12.5 Å². The number of hydrogen-bond donors (Lipinski definition) is 1. The van der Waals surface area contributed by atoms with Gasteiger partial charge in [0.15, 0.2) is 5.65 Å². The van der Waals surface area contributed by atoms with Crippen molar-refractivity contribution in [1.29, 1.82) is 0 Å². The lowest BCUT2D eigenvalue weighted by molar-refractivity contribution is 0.283. The van der Waals surface area contributed by atoms with E-state index in [0.29, 0.717) is 0 Å². The normalized spacial score (nSPS) is 15.0. The van der Waals surface area contributed by atoms with Crippen LogP contribution in [0.25, 0.3) is 17.2 Å². The van der Waals surface area contributed by atoms with Gasteiger partial charge in [0.1, 0.15) is 5.52 Å². The van der Waals surface area contributed by atoms with Crippen LogP contribution >= 0.6 is 24.8 Å². The number of nitrogens with one attached hydrogen (secondary N) is 1. The molecule has 1 aliphatic rings. The van der Waals surface area contributed by atoms with E-state index in [9.17, 15) is 0 Å². The van der Waals surface area contributed by atoms with Crippen LogP contribution in [0.2, 0.25) is 0 Å². The predicted molar refractivity (Wildman–Crippen MR) is 110 cm³/mol. The van der Waals surface area contributed by atoms with Crippen LogP contribution in [0.3, 0.4) is 0 Å². The molecule has 6 nitrogen and oxygen atoms in total. The van der Waals surface area contributed by atoms with Gasteiger partial charge in [-0.2, -0.15) is 4.98 Å². The quantitative estimate of drug-likeness (QED) is 0.739. The lowest BCUT2D eigenvalue weighted by atomic mass is 10.2. The third-order valence-corrected chi connectivity index (χ3v) is 4.29. The van der Waals surface area contributed by atoms with Crippen LogP contribution in [-0.4, -0.2) is 57.6 Å². The summed E-state index contributed by atoms with van der Waals surface area (Å²) in [5.41, 5.74) is 2.86. The fraction of sp³-hybridized carbons (Fsp3) is 0.278. The fourth-order valence-corrected chi connectivity index (χ4v) is 2.91. The number of imidazole rings is 1. The van der Waals surface area contributed by atoms with Crippen molar-refractivity contribution >= 4 is 48.0 Å². The smallest absolute Gasteiger partial charge is 0.227 e. The van der Waals surface area contributed by atoms with Gasteiger partial charge in [-0.1, -0.05) is 42.5 Å². The molecule has 1 aliphatic heterocycles. The summed E-state index contributed by atoms with van der Waals surface area (Å²) in [6.07, 6.45) is 7.87. The third kappa shape index (κ3) is 4.72. The number of hydrogen-bond acceptors (Lipinski definition) is 5. The lowest BCUT2D eigenvalue weighted by Crippen LogP contribution is -2.46. The Morgan fingerprint density at radius 3 is 2.54 bits per heavy atom. The average Bonchev–Trinajstić information content (AvgIpc) is 3.11. The average molecular weight is 393 g/mol. The van der Waals surface area contributed by atoms with Gasteiger partial charge in [-0.25, -0.2) is 9.97 Å². The fourth-order valence-electron chi connectivity index (χ4n) is 2.91. The molecule has 1 saturated heterocycles. The Morgan fingerprint density at radius 2 is 1.77 bits per heavy atom. The third-order valence-electron chi connectivity index (χ3n) is 4.29. The minimum absolute atomic E-state index is 0. The molecule has 0 unspecified atom stereocenters. The molecule has 3 heterocycles. The highest BCUT2D eigenvalue weighted by Gasteiger charge is 2.18. The summed E-state index contributed by atoms with van der Waals surface area (Å²) < 4.78 is 0. The maximum atomic E-state index is 4.53. The highest BCUT2D eigenvalue weighted by atomic mass is 35.5. The van der Waals surface area contributed by atoms with Crippen LogP contribution in [0, 0.1) is 0 Å². The molecule has 0 spiro atoms. The second kappa shape index (κ2) is 9.52. The van der Waals surface area contributed by atoms with Crippen molar-refractivity contribution < 1.29 is 0 Å². The van der Waals surface area contributed by atoms with Crippen molar-refractivity contribution in [3.63, 3.8) is 0 Å². The van der Waals surface area contributed by atoms with E-state index in [1.54, 1.807) is 12.5 Å². The molecule has 1 aromatic carbocycles. The zero-order chi connectivity index (χ0) is 16.2. The molecule has 8 heteroatoms. The molecule has 2 aromatic heterocycles. The second-order valence-electron chi connectivity index (χ2n) is 5.91. The molecule has 0 atom stereocenters. The van der Waals surface area contributed by atoms with E-state index in [4.69, 9.17) is 0 Å². The van der Waals surface area contributed by atoms with Gasteiger partial charge in [-0.05, 0) is 5.56 Å². The molecular weight excluding hydrogens is 371 g/mol. The van der Waals surface area contributed by atoms with Crippen LogP contribution in [0.4, 0.5) is 5.95 Å². The van der Waals surface area contributed by atoms with Crippen LogP contribution < -0.4 is 4.90 Å². The number of rotatable bonds is 4. The van der Waals surface area contributed by atoms with Crippen molar-refractivity contribution in [3.8, 4) is 0 Å². The zero-order valence-electron chi connectivity index (χ0n) is 14.3. The van der Waals surface area contributed by atoms with E-state index in [1.165, 1.54) is 5.56 Å². The largest absolute Gasteiger partial charge is 0.342 e. The molecule has 1 fully saturated rings. The number of aromatic amines is 1. The second-order valence-corrected chi connectivity index (χ2v) is 5.91. The van der Waals surface area contributed by atoms with E-state index >= 15 is 0 Å². The van der Waals surface area contributed by atoms with Gasteiger partial charge in [0, 0.05) is 32.7 Å². The Bertz CT molecular complexity index is 828. The first-order valence-electron chi connectivity index (χ1n) is 8.23. The standard InChI is InChI=1S/C18H20N6.2ClH/c1-2-5-15(6-3-1)7-4-8-23-9-11-24(12-10-23)18-19-13-16-17(22-18)21-14-20-16;;/h1-7,13-14H,8-12H2,(H,19,20,21,22);2*1H. The first kappa shape index (κ1) is 20.2. The molecule has 0 radical (unpaired) electrons. The highest BCUT2D eigenvalue weighted by molar-refractivity contribution is 5.85. The van der Waals surface area contributed by atoms with Crippen molar-refractivity contribution in [2.45, 2.75) is 0 Å². The maximum Gasteiger partial charge on any atom is 0.227 e. The number of nitrogens with zero attached hydrogens (tertiary/aromatic N) is 5. The summed E-state index contributed by atoms with van der Waals surface area (Å²) >= 11 is 0. The lowest BCUT2D eigenvalue weighted by Gasteiger charge is -2.34. The summed E-state index contributed by atoms with van der Waals surface area (Å²) in [5.74, 6) is 0.772. The van der Waals surface area contributed by atoms with E-state index in [2.05, 4.69) is 66.2 Å². The van der Waals surface area contributed by atoms with Crippen molar-refractivity contribution in [2.75, 3.05) is 37.6 Å². The molecule has 1 N–H and O–H groups in total. The van der Waals surface area contributed by atoms with Crippen molar-refractivity contribution in [2.24, 2.45) is 0 Å². The van der Waals surface area contributed by atoms with E-state index in [1.807, 2.05) is 6.07 Å².